The minimum absolute atomic E-state index is 0.455. The molecule has 0 amide bonds. The van der Waals surface area contributed by atoms with E-state index in [1.807, 2.05) is 30.5 Å². The van der Waals surface area contributed by atoms with Crippen molar-refractivity contribution in [3.8, 4) is 0 Å². The third-order valence-electron chi connectivity index (χ3n) is 5.82. The van der Waals surface area contributed by atoms with Crippen LogP contribution in [0.3, 0.4) is 0 Å². The van der Waals surface area contributed by atoms with E-state index in [1.54, 1.807) is 12.1 Å². The summed E-state index contributed by atoms with van der Waals surface area (Å²) in [5.74, 6) is 0. The Labute approximate surface area is 179 Å². The van der Waals surface area contributed by atoms with E-state index in [-0.39, 0.29) is 0 Å². The van der Waals surface area contributed by atoms with Gasteiger partial charge in [0, 0.05) is 50.6 Å². The first-order chi connectivity index (χ1) is 14.5. The Morgan fingerprint density at radius 1 is 0.933 bits per heavy atom. The molecule has 1 aliphatic rings. The Morgan fingerprint density at radius 3 is 2.43 bits per heavy atom. The van der Waals surface area contributed by atoms with E-state index in [4.69, 9.17) is 0 Å². The van der Waals surface area contributed by atoms with Gasteiger partial charge in [0.15, 0.2) is 9.84 Å². The second-order valence-corrected chi connectivity index (χ2v) is 10.1. The zero-order valence-corrected chi connectivity index (χ0v) is 18.3. The van der Waals surface area contributed by atoms with Crippen molar-refractivity contribution in [1.82, 2.24) is 14.8 Å². The van der Waals surface area contributed by atoms with Gasteiger partial charge < -0.3 is 4.90 Å². The normalized spacial score (nSPS) is 16.2. The molecule has 6 heteroatoms. The van der Waals surface area contributed by atoms with Gasteiger partial charge in [-0.1, -0.05) is 36.4 Å². The number of hydrogen-bond donors (Lipinski definition) is 0. The molecule has 0 bridgehead atoms. The van der Waals surface area contributed by atoms with Gasteiger partial charge in [-0.15, -0.1) is 0 Å². The average Bonchev–Trinajstić information content (AvgIpc) is 2.74. The standard InChI is InChI=1S/C24H29N3O2S/c1-30(28,29)24-11-5-3-9-22(24)19-27-15-13-26(14-16-27)12-6-7-20-17-21-8-2-4-10-23(21)25-18-20/h2-5,8-11,17-18H,6-7,12-16,19H2,1H3. The molecule has 2 heterocycles. The monoisotopic (exact) mass is 423 g/mol. The Balaban J connectivity index is 1.25. The fourth-order valence-corrected chi connectivity index (χ4v) is 5.10. The summed E-state index contributed by atoms with van der Waals surface area (Å²) in [7, 11) is -3.19. The van der Waals surface area contributed by atoms with Crippen molar-refractivity contribution in [3.05, 3.63) is 71.9 Å². The van der Waals surface area contributed by atoms with Crippen LogP contribution in [-0.2, 0) is 22.8 Å². The summed E-state index contributed by atoms with van der Waals surface area (Å²) in [6, 6.07) is 17.9. The van der Waals surface area contributed by atoms with Crippen LogP contribution in [0.15, 0.2) is 65.7 Å². The summed E-state index contributed by atoms with van der Waals surface area (Å²) in [6.07, 6.45) is 5.45. The van der Waals surface area contributed by atoms with Gasteiger partial charge in [0.2, 0.25) is 0 Å². The lowest BCUT2D eigenvalue weighted by Gasteiger charge is -2.35. The number of piperazine rings is 1. The third kappa shape index (κ3) is 5.25. The number of benzene rings is 2. The summed E-state index contributed by atoms with van der Waals surface area (Å²) in [5, 5.41) is 1.21. The summed E-state index contributed by atoms with van der Waals surface area (Å²) in [4.78, 5) is 9.87. The maximum Gasteiger partial charge on any atom is 0.175 e. The van der Waals surface area contributed by atoms with Crippen molar-refractivity contribution in [2.75, 3.05) is 39.0 Å². The lowest BCUT2D eigenvalue weighted by molar-refractivity contribution is 0.125. The predicted octanol–water partition coefficient (Wildman–Crippen LogP) is 3.39. The highest BCUT2D eigenvalue weighted by atomic mass is 32.2. The zero-order chi connectivity index (χ0) is 21.0. The second-order valence-electron chi connectivity index (χ2n) is 8.14. The first kappa shape index (κ1) is 21.0. The summed E-state index contributed by atoms with van der Waals surface area (Å²) in [6.45, 7) is 5.76. The SMILES string of the molecule is CS(=O)(=O)c1ccccc1CN1CCN(CCCc2cnc3ccccc3c2)CC1. The molecule has 0 N–H and O–H groups in total. The number of hydrogen-bond acceptors (Lipinski definition) is 5. The highest BCUT2D eigenvalue weighted by Crippen LogP contribution is 2.19. The highest BCUT2D eigenvalue weighted by Gasteiger charge is 2.19. The van der Waals surface area contributed by atoms with Gasteiger partial charge in [0.05, 0.1) is 10.4 Å². The van der Waals surface area contributed by atoms with E-state index in [9.17, 15) is 8.42 Å². The molecule has 158 valence electrons. The van der Waals surface area contributed by atoms with Crippen LogP contribution in [0, 0.1) is 0 Å². The number of sulfone groups is 1. The van der Waals surface area contributed by atoms with Crippen molar-refractivity contribution in [3.63, 3.8) is 0 Å². The quantitative estimate of drug-likeness (QED) is 0.583. The molecule has 2 aromatic carbocycles. The molecular weight excluding hydrogens is 394 g/mol. The molecule has 1 aromatic heterocycles. The molecule has 5 nitrogen and oxygen atoms in total. The number of para-hydroxylation sites is 1. The number of aromatic nitrogens is 1. The molecule has 4 rings (SSSR count). The molecule has 3 aromatic rings. The molecule has 0 aliphatic carbocycles. The minimum atomic E-state index is -3.19. The molecule has 0 radical (unpaired) electrons. The minimum Gasteiger partial charge on any atom is -0.301 e. The number of rotatable bonds is 7. The van der Waals surface area contributed by atoms with Crippen molar-refractivity contribution in [1.29, 1.82) is 0 Å². The number of pyridine rings is 1. The summed E-state index contributed by atoms with van der Waals surface area (Å²) < 4.78 is 24.0. The molecule has 30 heavy (non-hydrogen) atoms. The Hall–Kier alpha value is -2.28. The van der Waals surface area contributed by atoms with Crippen LogP contribution in [-0.4, -0.2) is 62.2 Å². The van der Waals surface area contributed by atoms with Crippen molar-refractivity contribution >= 4 is 20.7 Å². The van der Waals surface area contributed by atoms with Crippen molar-refractivity contribution in [2.45, 2.75) is 24.3 Å². The fourth-order valence-electron chi connectivity index (χ4n) is 4.17. The molecule has 0 spiro atoms. The van der Waals surface area contributed by atoms with Gasteiger partial charge in [-0.3, -0.25) is 9.88 Å². The Kier molecular flexibility index (Phi) is 6.46. The maximum atomic E-state index is 12.0. The molecule has 0 atom stereocenters. The first-order valence-electron chi connectivity index (χ1n) is 10.6. The van der Waals surface area contributed by atoms with Gasteiger partial charge in [-0.25, -0.2) is 8.42 Å². The van der Waals surface area contributed by atoms with Gasteiger partial charge in [-0.2, -0.15) is 0 Å². The van der Waals surface area contributed by atoms with Crippen LogP contribution in [0.4, 0.5) is 0 Å². The second kappa shape index (κ2) is 9.25. The fraction of sp³-hybridized carbons (Fsp3) is 0.375. The molecule has 1 saturated heterocycles. The Bertz CT molecular complexity index is 1110. The van der Waals surface area contributed by atoms with E-state index in [0.717, 1.165) is 56.6 Å². The molecule has 1 aliphatic heterocycles. The van der Waals surface area contributed by atoms with E-state index in [2.05, 4.69) is 33.0 Å². The van der Waals surface area contributed by atoms with E-state index in [0.29, 0.717) is 11.4 Å². The zero-order valence-electron chi connectivity index (χ0n) is 17.5. The van der Waals surface area contributed by atoms with Gasteiger partial charge in [0.25, 0.3) is 0 Å². The first-order valence-corrected chi connectivity index (χ1v) is 12.4. The number of aryl methyl sites for hydroxylation is 1. The van der Waals surface area contributed by atoms with Crippen molar-refractivity contribution < 1.29 is 8.42 Å². The average molecular weight is 424 g/mol. The van der Waals surface area contributed by atoms with Crippen LogP contribution in [0.1, 0.15) is 17.5 Å². The predicted molar refractivity (Wildman–Crippen MR) is 121 cm³/mol. The van der Waals surface area contributed by atoms with E-state index >= 15 is 0 Å². The molecule has 1 fully saturated rings. The smallest absolute Gasteiger partial charge is 0.175 e. The van der Waals surface area contributed by atoms with Crippen LogP contribution in [0.5, 0.6) is 0 Å². The van der Waals surface area contributed by atoms with E-state index < -0.39 is 9.84 Å². The molecule has 0 saturated carbocycles. The number of fused-ring (bicyclic) bond motifs is 1. The third-order valence-corrected chi connectivity index (χ3v) is 7.02. The van der Waals surface area contributed by atoms with Crippen LogP contribution < -0.4 is 0 Å². The van der Waals surface area contributed by atoms with Gasteiger partial charge in [0.1, 0.15) is 0 Å². The number of nitrogens with zero attached hydrogens (tertiary/aromatic N) is 3. The van der Waals surface area contributed by atoms with Crippen LogP contribution in [0.25, 0.3) is 10.9 Å². The summed E-state index contributed by atoms with van der Waals surface area (Å²) >= 11 is 0. The molecule has 0 unspecified atom stereocenters. The molecular formula is C24H29N3O2S. The van der Waals surface area contributed by atoms with Crippen molar-refractivity contribution in [2.24, 2.45) is 0 Å². The largest absolute Gasteiger partial charge is 0.301 e. The van der Waals surface area contributed by atoms with Gasteiger partial charge >= 0.3 is 0 Å². The maximum absolute atomic E-state index is 12.0. The van der Waals surface area contributed by atoms with Crippen LogP contribution in [0.2, 0.25) is 0 Å². The van der Waals surface area contributed by atoms with Crippen LogP contribution >= 0.6 is 0 Å². The Morgan fingerprint density at radius 2 is 1.63 bits per heavy atom. The van der Waals surface area contributed by atoms with Gasteiger partial charge in [-0.05, 0) is 48.7 Å². The summed E-state index contributed by atoms with van der Waals surface area (Å²) in [5.41, 5.74) is 3.25. The van der Waals surface area contributed by atoms with E-state index in [1.165, 1.54) is 17.2 Å². The lowest BCUT2D eigenvalue weighted by Crippen LogP contribution is -2.46. The topological polar surface area (TPSA) is 53.5 Å². The lowest BCUT2D eigenvalue weighted by atomic mass is 10.1. The highest BCUT2D eigenvalue weighted by molar-refractivity contribution is 7.90.